The molecule has 0 aromatic rings. The molecule has 6 nitrogen and oxygen atoms in total. The number of rotatable bonds is 3. The van der Waals surface area contributed by atoms with Gasteiger partial charge in [-0.1, -0.05) is 0 Å². The molecule has 9 heteroatoms. The van der Waals surface area contributed by atoms with Gasteiger partial charge in [-0.2, -0.15) is 13.2 Å². The molecular formula is C13H17F3N2O4. The summed E-state index contributed by atoms with van der Waals surface area (Å²) < 4.78 is 37.1. The average molecular weight is 322 g/mol. The third-order valence-corrected chi connectivity index (χ3v) is 4.30. The van der Waals surface area contributed by atoms with Crippen LogP contribution in [-0.2, 0) is 14.4 Å². The van der Waals surface area contributed by atoms with E-state index in [-0.39, 0.29) is 19.5 Å². The van der Waals surface area contributed by atoms with Gasteiger partial charge in [0, 0.05) is 19.5 Å². The summed E-state index contributed by atoms with van der Waals surface area (Å²) in [5.74, 6) is -3.34. The van der Waals surface area contributed by atoms with Crippen molar-refractivity contribution in [1.29, 1.82) is 0 Å². The molecule has 1 N–H and O–H groups in total. The number of likely N-dealkylation sites (tertiary alicyclic amines) is 2. The molecular weight excluding hydrogens is 305 g/mol. The Labute approximate surface area is 124 Å². The van der Waals surface area contributed by atoms with E-state index >= 15 is 0 Å². The first-order valence-corrected chi connectivity index (χ1v) is 6.94. The third kappa shape index (κ3) is 3.02. The first-order chi connectivity index (χ1) is 10.0. The number of aliphatic carboxylic acids is 1. The van der Waals surface area contributed by atoms with Gasteiger partial charge in [-0.25, -0.2) is 4.79 Å². The predicted molar refractivity (Wildman–Crippen MR) is 67.7 cm³/mol. The van der Waals surface area contributed by atoms with Gasteiger partial charge in [-0.15, -0.1) is 0 Å². The maximum Gasteiger partial charge on any atom is 0.406 e. The topological polar surface area (TPSA) is 77.9 Å². The number of carbonyl (C=O) groups excluding carboxylic acids is 2. The highest BCUT2D eigenvalue weighted by atomic mass is 19.4. The molecule has 0 aromatic heterocycles. The molecule has 2 aliphatic rings. The van der Waals surface area contributed by atoms with Crippen molar-refractivity contribution in [2.45, 2.75) is 37.9 Å². The second kappa shape index (κ2) is 5.44. The largest absolute Gasteiger partial charge is 0.480 e. The smallest absolute Gasteiger partial charge is 0.406 e. The Morgan fingerprint density at radius 3 is 2.59 bits per heavy atom. The molecule has 0 bridgehead atoms. The summed E-state index contributed by atoms with van der Waals surface area (Å²) >= 11 is 0. The van der Waals surface area contributed by atoms with Gasteiger partial charge in [0.1, 0.15) is 12.1 Å². The standard InChI is InChI=1S/C13H17F3N2O4/c1-12(11(21)22)3-2-4-18(12)10(20)8-5-9(19)17(6-8)7-13(14,15)16/h8H,2-7H2,1H3,(H,21,22). The van der Waals surface area contributed by atoms with Gasteiger partial charge in [0.05, 0.1) is 5.92 Å². The molecule has 0 spiro atoms. The zero-order chi connectivity index (χ0) is 16.7. The first-order valence-electron chi connectivity index (χ1n) is 6.94. The van der Waals surface area contributed by atoms with E-state index in [0.717, 1.165) is 0 Å². The van der Waals surface area contributed by atoms with Crippen molar-refractivity contribution < 1.29 is 32.7 Å². The molecule has 22 heavy (non-hydrogen) atoms. The summed E-state index contributed by atoms with van der Waals surface area (Å²) in [6, 6.07) is 0. The minimum atomic E-state index is -4.52. The molecule has 2 saturated heterocycles. The van der Waals surface area contributed by atoms with Gasteiger partial charge >= 0.3 is 12.1 Å². The number of alkyl halides is 3. The monoisotopic (exact) mass is 322 g/mol. The summed E-state index contributed by atoms with van der Waals surface area (Å²) in [5, 5.41) is 9.27. The van der Waals surface area contributed by atoms with Crippen LogP contribution in [0.4, 0.5) is 13.2 Å². The number of carboxylic acid groups (broad SMARTS) is 1. The second-order valence-corrected chi connectivity index (χ2v) is 5.96. The van der Waals surface area contributed by atoms with Crippen molar-refractivity contribution in [2.24, 2.45) is 5.92 Å². The third-order valence-electron chi connectivity index (χ3n) is 4.30. The van der Waals surface area contributed by atoms with Crippen LogP contribution in [0.15, 0.2) is 0 Å². The molecule has 2 aliphatic heterocycles. The number of carbonyl (C=O) groups is 3. The highest BCUT2D eigenvalue weighted by Gasteiger charge is 2.49. The Morgan fingerprint density at radius 1 is 1.41 bits per heavy atom. The highest BCUT2D eigenvalue weighted by Crippen LogP contribution is 2.33. The molecule has 2 unspecified atom stereocenters. The molecule has 124 valence electrons. The zero-order valence-corrected chi connectivity index (χ0v) is 12.0. The van der Waals surface area contributed by atoms with E-state index in [0.29, 0.717) is 17.7 Å². The van der Waals surface area contributed by atoms with E-state index in [9.17, 15) is 32.7 Å². The molecule has 2 heterocycles. The molecule has 2 rings (SSSR count). The average Bonchev–Trinajstić information content (AvgIpc) is 2.92. The normalized spacial score (nSPS) is 29.3. The maximum atomic E-state index is 12.4. The Morgan fingerprint density at radius 2 is 2.05 bits per heavy atom. The molecule has 2 fully saturated rings. The molecule has 0 saturated carbocycles. The van der Waals surface area contributed by atoms with Crippen molar-refractivity contribution in [2.75, 3.05) is 19.6 Å². The van der Waals surface area contributed by atoms with Crippen LogP contribution in [0.1, 0.15) is 26.2 Å². The lowest BCUT2D eigenvalue weighted by Crippen LogP contribution is -2.52. The highest BCUT2D eigenvalue weighted by molar-refractivity contribution is 5.93. The number of hydrogen-bond acceptors (Lipinski definition) is 3. The van der Waals surface area contributed by atoms with E-state index < -0.39 is 42.0 Å². The zero-order valence-electron chi connectivity index (χ0n) is 12.0. The lowest BCUT2D eigenvalue weighted by molar-refractivity contribution is -0.158. The van der Waals surface area contributed by atoms with Crippen LogP contribution in [-0.4, -0.2) is 64.0 Å². The van der Waals surface area contributed by atoms with E-state index in [1.54, 1.807) is 0 Å². The molecule has 2 amide bonds. The predicted octanol–water partition coefficient (Wildman–Crippen LogP) is 0.863. The SMILES string of the molecule is CC1(C(=O)O)CCCN1C(=O)C1CC(=O)N(CC(F)(F)F)C1. The summed E-state index contributed by atoms with van der Waals surface area (Å²) in [4.78, 5) is 37.2. The number of nitrogens with zero attached hydrogens (tertiary/aromatic N) is 2. The molecule has 2 atom stereocenters. The van der Waals surface area contributed by atoms with Crippen LogP contribution >= 0.6 is 0 Å². The van der Waals surface area contributed by atoms with E-state index in [2.05, 4.69) is 0 Å². The lowest BCUT2D eigenvalue weighted by atomic mass is 9.97. The van der Waals surface area contributed by atoms with Crippen molar-refractivity contribution in [3.05, 3.63) is 0 Å². The van der Waals surface area contributed by atoms with Gasteiger partial charge in [-0.05, 0) is 19.8 Å². The van der Waals surface area contributed by atoms with Crippen LogP contribution in [0.2, 0.25) is 0 Å². The van der Waals surface area contributed by atoms with E-state index in [1.165, 1.54) is 11.8 Å². The van der Waals surface area contributed by atoms with Crippen LogP contribution in [0, 0.1) is 5.92 Å². The number of halogens is 3. The Hall–Kier alpha value is -1.80. The minimum absolute atomic E-state index is 0.242. The fraction of sp³-hybridized carbons (Fsp3) is 0.769. The van der Waals surface area contributed by atoms with Crippen LogP contribution in [0.25, 0.3) is 0 Å². The van der Waals surface area contributed by atoms with Crippen LogP contribution < -0.4 is 0 Å². The van der Waals surface area contributed by atoms with Crippen molar-refractivity contribution in [3.8, 4) is 0 Å². The van der Waals surface area contributed by atoms with Crippen molar-refractivity contribution in [1.82, 2.24) is 9.80 Å². The maximum absolute atomic E-state index is 12.4. The fourth-order valence-corrected chi connectivity index (χ4v) is 3.07. The number of carboxylic acids is 1. The number of amides is 2. The van der Waals surface area contributed by atoms with Crippen LogP contribution in [0.5, 0.6) is 0 Å². The minimum Gasteiger partial charge on any atom is -0.480 e. The van der Waals surface area contributed by atoms with Crippen molar-refractivity contribution >= 4 is 17.8 Å². The van der Waals surface area contributed by atoms with E-state index in [4.69, 9.17) is 0 Å². The number of hydrogen-bond donors (Lipinski definition) is 1. The quantitative estimate of drug-likeness (QED) is 0.836. The Kier molecular flexibility index (Phi) is 4.09. The molecule has 0 radical (unpaired) electrons. The summed E-state index contributed by atoms with van der Waals surface area (Å²) in [6.45, 7) is -0.0364. The van der Waals surface area contributed by atoms with Gasteiger partial charge in [0.2, 0.25) is 11.8 Å². The van der Waals surface area contributed by atoms with E-state index in [1.807, 2.05) is 0 Å². The lowest BCUT2D eigenvalue weighted by Gasteiger charge is -2.33. The molecule has 0 aromatic carbocycles. The van der Waals surface area contributed by atoms with Gasteiger partial charge in [0.15, 0.2) is 0 Å². The van der Waals surface area contributed by atoms with Crippen LogP contribution in [0.3, 0.4) is 0 Å². The summed E-state index contributed by atoms with van der Waals surface area (Å²) in [6.07, 6.45) is -4.01. The Balaban J connectivity index is 2.08. The van der Waals surface area contributed by atoms with Gasteiger partial charge < -0.3 is 14.9 Å². The molecule has 0 aliphatic carbocycles. The van der Waals surface area contributed by atoms with Gasteiger partial charge in [-0.3, -0.25) is 9.59 Å². The van der Waals surface area contributed by atoms with Crippen molar-refractivity contribution in [3.63, 3.8) is 0 Å². The second-order valence-electron chi connectivity index (χ2n) is 5.96. The van der Waals surface area contributed by atoms with Gasteiger partial charge in [0.25, 0.3) is 0 Å². The Bertz CT molecular complexity index is 508. The fourth-order valence-electron chi connectivity index (χ4n) is 3.07. The summed E-state index contributed by atoms with van der Waals surface area (Å²) in [7, 11) is 0. The summed E-state index contributed by atoms with van der Waals surface area (Å²) in [5.41, 5.74) is -1.35. The first kappa shape index (κ1) is 16.6.